The summed E-state index contributed by atoms with van der Waals surface area (Å²) in [5.41, 5.74) is -0.0351. The molecule has 0 aliphatic carbocycles. The molecule has 2 N–H and O–H groups in total. The lowest BCUT2D eigenvalue weighted by molar-refractivity contribution is -0.122. The largest absolute Gasteiger partial charge is 0.379 e. The van der Waals surface area contributed by atoms with Crippen LogP contribution in [0.25, 0.3) is 11.2 Å². The van der Waals surface area contributed by atoms with Gasteiger partial charge in [0.1, 0.15) is 5.82 Å². The van der Waals surface area contributed by atoms with Crippen molar-refractivity contribution in [1.29, 1.82) is 0 Å². The molecular formula is C21H33N5O4. The molecule has 9 nitrogen and oxygen atoms in total. The van der Waals surface area contributed by atoms with E-state index in [0.717, 1.165) is 32.3 Å². The highest BCUT2D eigenvalue weighted by Gasteiger charge is 2.21. The second kappa shape index (κ2) is 10.1. The molecule has 0 bridgehead atoms. The van der Waals surface area contributed by atoms with E-state index in [1.54, 1.807) is 4.57 Å². The number of nitrogens with zero attached hydrogens (tertiary/aromatic N) is 3. The summed E-state index contributed by atoms with van der Waals surface area (Å²) in [6, 6.07) is 0.0581. The van der Waals surface area contributed by atoms with Crippen molar-refractivity contribution in [3.05, 3.63) is 26.7 Å². The van der Waals surface area contributed by atoms with Gasteiger partial charge in [0.15, 0.2) is 11.2 Å². The topological polar surface area (TPSA) is 111 Å². The fraction of sp³-hybridized carbons (Fsp3) is 0.714. The number of fused-ring (bicyclic) bond motifs is 1. The van der Waals surface area contributed by atoms with Crippen LogP contribution in [0.3, 0.4) is 0 Å². The monoisotopic (exact) mass is 419 g/mol. The molecule has 3 heterocycles. The molecule has 2 aromatic rings. The lowest BCUT2D eigenvalue weighted by Crippen LogP contribution is -2.40. The van der Waals surface area contributed by atoms with E-state index in [4.69, 9.17) is 4.74 Å². The normalized spacial score (nSPS) is 17.0. The predicted molar refractivity (Wildman–Crippen MR) is 115 cm³/mol. The lowest BCUT2D eigenvalue weighted by Gasteiger charge is -2.23. The minimum absolute atomic E-state index is 0.0501. The number of H-pyrrole nitrogens is 1. The Bertz CT molecular complexity index is 982. The number of ether oxygens (including phenoxy) is 1. The van der Waals surface area contributed by atoms with Gasteiger partial charge >= 0.3 is 5.69 Å². The summed E-state index contributed by atoms with van der Waals surface area (Å²) in [6.07, 6.45) is 4.30. The van der Waals surface area contributed by atoms with E-state index in [0.29, 0.717) is 43.1 Å². The Morgan fingerprint density at radius 1 is 1.33 bits per heavy atom. The van der Waals surface area contributed by atoms with Crippen molar-refractivity contribution in [3.63, 3.8) is 0 Å². The highest BCUT2D eigenvalue weighted by atomic mass is 16.5. The predicted octanol–water partition coefficient (Wildman–Crippen LogP) is 1.57. The van der Waals surface area contributed by atoms with Crippen molar-refractivity contribution >= 4 is 17.1 Å². The van der Waals surface area contributed by atoms with E-state index in [-0.39, 0.29) is 24.3 Å². The highest BCUT2D eigenvalue weighted by Crippen LogP contribution is 2.16. The minimum atomic E-state index is -0.434. The van der Waals surface area contributed by atoms with Crippen molar-refractivity contribution in [1.82, 2.24) is 24.4 Å². The molecular weight excluding hydrogens is 386 g/mol. The number of aryl methyl sites for hydroxylation is 2. The van der Waals surface area contributed by atoms with Gasteiger partial charge in [-0.2, -0.15) is 0 Å². The molecule has 1 saturated heterocycles. The summed E-state index contributed by atoms with van der Waals surface area (Å²) in [5, 5.41) is 3.02. The first kappa shape index (κ1) is 22.3. The second-order valence-corrected chi connectivity index (χ2v) is 8.45. The van der Waals surface area contributed by atoms with Crippen LogP contribution in [-0.4, -0.2) is 44.3 Å². The zero-order valence-electron chi connectivity index (χ0n) is 18.2. The van der Waals surface area contributed by atoms with Crippen LogP contribution in [-0.2, 0) is 29.0 Å². The first-order valence-electron chi connectivity index (χ1n) is 11.0. The molecule has 166 valence electrons. The number of unbranched alkanes of at least 4 members (excludes halogenated alkanes) is 1. The van der Waals surface area contributed by atoms with Crippen molar-refractivity contribution in [2.45, 2.75) is 78.4 Å². The maximum absolute atomic E-state index is 12.6. The average molecular weight is 420 g/mol. The third kappa shape index (κ3) is 5.19. The summed E-state index contributed by atoms with van der Waals surface area (Å²) >= 11 is 0. The van der Waals surface area contributed by atoms with Crippen LogP contribution >= 0.6 is 0 Å². The van der Waals surface area contributed by atoms with E-state index in [2.05, 4.69) is 29.1 Å². The fourth-order valence-electron chi connectivity index (χ4n) is 3.87. The van der Waals surface area contributed by atoms with Gasteiger partial charge in [-0.05, 0) is 25.2 Å². The van der Waals surface area contributed by atoms with Gasteiger partial charge in [-0.1, -0.05) is 27.2 Å². The summed E-state index contributed by atoms with van der Waals surface area (Å²) in [4.78, 5) is 44.5. The Balaban J connectivity index is 1.88. The molecule has 0 spiro atoms. The minimum Gasteiger partial charge on any atom is -0.379 e. The van der Waals surface area contributed by atoms with Crippen LogP contribution in [0.15, 0.2) is 9.59 Å². The summed E-state index contributed by atoms with van der Waals surface area (Å²) in [7, 11) is 0. The zero-order valence-corrected chi connectivity index (χ0v) is 18.2. The standard InChI is InChI=1S/C21H33N5O4/c1-4-5-10-25-19-18(20(28)24-21(25)29)26(12-14(2)3)16(23-19)8-9-17(27)22-15-7-6-11-30-13-15/h14-15H,4-13H2,1-3H3,(H,22,27)(H,24,28,29). The Hall–Kier alpha value is -2.42. The van der Waals surface area contributed by atoms with Gasteiger partial charge in [0.25, 0.3) is 5.56 Å². The van der Waals surface area contributed by atoms with Gasteiger partial charge in [-0.15, -0.1) is 0 Å². The van der Waals surface area contributed by atoms with Gasteiger partial charge in [0, 0.05) is 32.5 Å². The summed E-state index contributed by atoms with van der Waals surface area (Å²) < 4.78 is 8.83. The van der Waals surface area contributed by atoms with E-state index < -0.39 is 11.2 Å². The molecule has 0 aromatic carbocycles. The molecule has 9 heteroatoms. The fourth-order valence-corrected chi connectivity index (χ4v) is 3.87. The number of amides is 1. The highest BCUT2D eigenvalue weighted by molar-refractivity contribution is 5.77. The first-order chi connectivity index (χ1) is 14.4. The van der Waals surface area contributed by atoms with Crippen LogP contribution < -0.4 is 16.6 Å². The molecule has 30 heavy (non-hydrogen) atoms. The third-order valence-corrected chi connectivity index (χ3v) is 5.35. The number of aromatic nitrogens is 4. The first-order valence-corrected chi connectivity index (χ1v) is 11.0. The number of nitrogens with one attached hydrogen (secondary N) is 2. The van der Waals surface area contributed by atoms with Crippen LogP contribution in [0.1, 0.15) is 58.7 Å². The third-order valence-electron chi connectivity index (χ3n) is 5.35. The molecule has 3 rings (SSSR count). The van der Waals surface area contributed by atoms with Crippen molar-refractivity contribution in [3.8, 4) is 0 Å². The number of hydrogen-bond donors (Lipinski definition) is 2. The molecule has 1 aliphatic rings. The summed E-state index contributed by atoms with van der Waals surface area (Å²) in [6.45, 7) is 8.57. The van der Waals surface area contributed by atoms with Crippen molar-refractivity contribution < 1.29 is 9.53 Å². The maximum Gasteiger partial charge on any atom is 0.330 e. The number of aromatic amines is 1. The number of carbonyl (C=O) groups is 1. The van der Waals surface area contributed by atoms with E-state index in [1.165, 1.54) is 0 Å². The van der Waals surface area contributed by atoms with Gasteiger partial charge in [0.2, 0.25) is 5.91 Å². The zero-order chi connectivity index (χ0) is 21.7. The molecule has 1 fully saturated rings. The Kier molecular flexibility index (Phi) is 7.47. The SMILES string of the molecule is CCCCn1c(=O)[nH]c(=O)c2c1nc(CCC(=O)NC1CCCOC1)n2CC(C)C. The molecule has 2 aromatic heterocycles. The smallest absolute Gasteiger partial charge is 0.330 e. The molecule has 1 amide bonds. The number of rotatable bonds is 9. The molecule has 0 radical (unpaired) electrons. The Morgan fingerprint density at radius 2 is 2.13 bits per heavy atom. The van der Waals surface area contributed by atoms with Gasteiger partial charge in [0.05, 0.1) is 12.6 Å². The molecule has 1 aliphatic heterocycles. The lowest BCUT2D eigenvalue weighted by atomic mass is 10.1. The molecule has 0 saturated carbocycles. The van der Waals surface area contributed by atoms with Gasteiger partial charge in [-0.3, -0.25) is 19.1 Å². The molecule has 1 atom stereocenters. The van der Waals surface area contributed by atoms with Crippen LogP contribution in [0.5, 0.6) is 0 Å². The van der Waals surface area contributed by atoms with Crippen molar-refractivity contribution in [2.75, 3.05) is 13.2 Å². The van der Waals surface area contributed by atoms with E-state index in [9.17, 15) is 14.4 Å². The Morgan fingerprint density at radius 3 is 2.80 bits per heavy atom. The average Bonchev–Trinajstić information content (AvgIpc) is 3.05. The Labute approximate surface area is 175 Å². The molecule has 1 unspecified atom stereocenters. The van der Waals surface area contributed by atoms with Gasteiger partial charge < -0.3 is 14.6 Å². The van der Waals surface area contributed by atoms with E-state index in [1.807, 2.05) is 11.5 Å². The van der Waals surface area contributed by atoms with Crippen LogP contribution in [0.4, 0.5) is 0 Å². The maximum atomic E-state index is 12.6. The summed E-state index contributed by atoms with van der Waals surface area (Å²) in [5.74, 6) is 0.894. The van der Waals surface area contributed by atoms with Gasteiger partial charge in [-0.25, -0.2) is 9.78 Å². The van der Waals surface area contributed by atoms with Crippen molar-refractivity contribution in [2.24, 2.45) is 5.92 Å². The number of carbonyl (C=O) groups excluding carboxylic acids is 1. The van der Waals surface area contributed by atoms with Crippen LogP contribution in [0.2, 0.25) is 0 Å². The van der Waals surface area contributed by atoms with Crippen LogP contribution in [0, 0.1) is 5.92 Å². The number of imidazole rings is 1. The quantitative estimate of drug-likeness (QED) is 0.641. The second-order valence-electron chi connectivity index (χ2n) is 8.45. The number of hydrogen-bond acceptors (Lipinski definition) is 5. The van der Waals surface area contributed by atoms with E-state index >= 15 is 0 Å².